The van der Waals surface area contributed by atoms with Gasteiger partial charge in [0.2, 0.25) is 0 Å². The van der Waals surface area contributed by atoms with E-state index in [1.807, 2.05) is 0 Å². The van der Waals surface area contributed by atoms with Crippen LogP contribution in [0.4, 0.5) is 9.18 Å². The standard InChI is InChI=1S/C17H25FN2O3/c18-15-5-7-16(8-6-15)23-11-2-1-9-19-17(22)20-10-3-4-14(12-20)13-21/h5-8,14,21H,1-4,9-13H2,(H,19,22). The minimum absolute atomic E-state index is 0.0531. The average molecular weight is 324 g/mol. The van der Waals surface area contributed by atoms with E-state index in [4.69, 9.17) is 4.74 Å². The number of hydrogen-bond acceptors (Lipinski definition) is 3. The number of urea groups is 1. The van der Waals surface area contributed by atoms with E-state index in [9.17, 15) is 14.3 Å². The lowest BCUT2D eigenvalue weighted by molar-refractivity contribution is 0.129. The average Bonchev–Trinajstić information content (AvgIpc) is 2.59. The van der Waals surface area contributed by atoms with Gasteiger partial charge in [0.25, 0.3) is 0 Å². The van der Waals surface area contributed by atoms with E-state index in [2.05, 4.69) is 5.32 Å². The molecule has 0 saturated carbocycles. The fraction of sp³-hybridized carbons (Fsp3) is 0.588. The van der Waals surface area contributed by atoms with Gasteiger partial charge in [-0.1, -0.05) is 0 Å². The van der Waals surface area contributed by atoms with Crippen molar-refractivity contribution in [2.24, 2.45) is 5.92 Å². The van der Waals surface area contributed by atoms with E-state index >= 15 is 0 Å². The summed E-state index contributed by atoms with van der Waals surface area (Å²) in [7, 11) is 0. The van der Waals surface area contributed by atoms with Crippen molar-refractivity contribution in [1.82, 2.24) is 10.2 Å². The van der Waals surface area contributed by atoms with Crippen LogP contribution in [0, 0.1) is 11.7 Å². The van der Waals surface area contributed by atoms with Crippen LogP contribution in [0.15, 0.2) is 24.3 Å². The van der Waals surface area contributed by atoms with Crippen molar-refractivity contribution < 1.29 is 19.0 Å². The van der Waals surface area contributed by atoms with Crippen LogP contribution in [0.1, 0.15) is 25.7 Å². The van der Waals surface area contributed by atoms with Crippen molar-refractivity contribution in [3.8, 4) is 5.75 Å². The molecule has 1 aromatic carbocycles. The van der Waals surface area contributed by atoms with E-state index in [0.29, 0.717) is 25.4 Å². The van der Waals surface area contributed by atoms with Gasteiger partial charge in [-0.15, -0.1) is 0 Å². The summed E-state index contributed by atoms with van der Waals surface area (Å²) < 4.78 is 18.2. The van der Waals surface area contributed by atoms with Crippen LogP contribution < -0.4 is 10.1 Å². The first-order valence-corrected chi connectivity index (χ1v) is 8.21. The number of piperidine rings is 1. The summed E-state index contributed by atoms with van der Waals surface area (Å²) in [4.78, 5) is 13.8. The number of aliphatic hydroxyl groups excluding tert-OH is 1. The van der Waals surface area contributed by atoms with Gasteiger partial charge < -0.3 is 20.1 Å². The van der Waals surface area contributed by atoms with Crippen LogP contribution in [-0.4, -0.2) is 48.9 Å². The van der Waals surface area contributed by atoms with Crippen molar-refractivity contribution in [2.45, 2.75) is 25.7 Å². The van der Waals surface area contributed by atoms with Gasteiger partial charge in [0, 0.05) is 26.2 Å². The predicted octanol–water partition coefficient (Wildman–Crippen LogP) is 2.40. The van der Waals surface area contributed by atoms with Crippen LogP contribution in [0.25, 0.3) is 0 Å². The molecule has 2 N–H and O–H groups in total. The van der Waals surface area contributed by atoms with Crippen molar-refractivity contribution in [2.75, 3.05) is 32.8 Å². The molecule has 6 heteroatoms. The Morgan fingerprint density at radius 3 is 2.87 bits per heavy atom. The van der Waals surface area contributed by atoms with E-state index < -0.39 is 0 Å². The second-order valence-electron chi connectivity index (χ2n) is 5.88. The highest BCUT2D eigenvalue weighted by Gasteiger charge is 2.22. The fourth-order valence-corrected chi connectivity index (χ4v) is 2.65. The minimum atomic E-state index is -0.277. The lowest BCUT2D eigenvalue weighted by atomic mass is 9.99. The molecule has 1 atom stereocenters. The van der Waals surface area contributed by atoms with Crippen molar-refractivity contribution in [3.05, 3.63) is 30.1 Å². The molecule has 2 rings (SSSR count). The van der Waals surface area contributed by atoms with Gasteiger partial charge in [-0.25, -0.2) is 9.18 Å². The van der Waals surface area contributed by atoms with Gasteiger partial charge in [-0.3, -0.25) is 0 Å². The van der Waals surface area contributed by atoms with Gasteiger partial charge >= 0.3 is 6.03 Å². The Labute approximate surface area is 136 Å². The molecule has 23 heavy (non-hydrogen) atoms. The fourth-order valence-electron chi connectivity index (χ4n) is 2.65. The molecule has 0 bridgehead atoms. The number of nitrogens with one attached hydrogen (secondary N) is 1. The molecule has 1 unspecified atom stereocenters. The molecule has 1 saturated heterocycles. The molecular formula is C17H25FN2O3. The Bertz CT molecular complexity index is 481. The lowest BCUT2D eigenvalue weighted by Crippen LogP contribution is -2.46. The number of carbonyl (C=O) groups is 1. The molecule has 0 aromatic heterocycles. The molecule has 0 radical (unpaired) electrons. The maximum Gasteiger partial charge on any atom is 0.317 e. The number of halogens is 1. The summed E-state index contributed by atoms with van der Waals surface area (Å²) in [6.07, 6.45) is 3.58. The third kappa shape index (κ3) is 6.06. The highest BCUT2D eigenvalue weighted by atomic mass is 19.1. The monoisotopic (exact) mass is 324 g/mol. The number of nitrogens with zero attached hydrogens (tertiary/aromatic N) is 1. The molecule has 128 valence electrons. The summed E-state index contributed by atoms with van der Waals surface area (Å²) >= 11 is 0. The van der Waals surface area contributed by atoms with Gasteiger partial charge in [0.15, 0.2) is 0 Å². The van der Waals surface area contributed by atoms with E-state index in [1.54, 1.807) is 17.0 Å². The first kappa shape index (κ1) is 17.5. The number of unbranched alkanes of at least 4 members (excludes halogenated alkanes) is 1. The zero-order chi connectivity index (χ0) is 16.5. The zero-order valence-corrected chi connectivity index (χ0v) is 13.3. The number of carbonyl (C=O) groups excluding carboxylic acids is 1. The van der Waals surface area contributed by atoms with Gasteiger partial charge in [-0.2, -0.15) is 0 Å². The topological polar surface area (TPSA) is 61.8 Å². The largest absolute Gasteiger partial charge is 0.494 e. The second-order valence-corrected chi connectivity index (χ2v) is 5.88. The Kier molecular flexibility index (Phi) is 7.13. The number of benzene rings is 1. The molecule has 1 aliphatic rings. The van der Waals surface area contributed by atoms with E-state index in [0.717, 1.165) is 32.2 Å². The SMILES string of the molecule is O=C(NCCCCOc1ccc(F)cc1)N1CCCC(CO)C1. The second kappa shape index (κ2) is 9.35. The molecule has 1 fully saturated rings. The Balaban J connectivity index is 1.54. The number of aliphatic hydroxyl groups is 1. The van der Waals surface area contributed by atoms with Crippen molar-refractivity contribution in [3.63, 3.8) is 0 Å². The Morgan fingerprint density at radius 1 is 1.35 bits per heavy atom. The van der Waals surface area contributed by atoms with Gasteiger partial charge in [0.05, 0.1) is 6.61 Å². The minimum Gasteiger partial charge on any atom is -0.494 e. The van der Waals surface area contributed by atoms with Gasteiger partial charge in [-0.05, 0) is 55.9 Å². The highest BCUT2D eigenvalue weighted by molar-refractivity contribution is 5.74. The summed E-state index contributed by atoms with van der Waals surface area (Å²) in [5.74, 6) is 0.582. The summed E-state index contributed by atoms with van der Waals surface area (Å²) in [6, 6.07) is 5.89. The Morgan fingerprint density at radius 2 is 2.13 bits per heavy atom. The predicted molar refractivity (Wildman–Crippen MR) is 85.9 cm³/mol. The van der Waals surface area contributed by atoms with Crippen molar-refractivity contribution >= 4 is 6.03 Å². The molecule has 1 heterocycles. The van der Waals surface area contributed by atoms with Gasteiger partial charge in [0.1, 0.15) is 11.6 Å². The maximum absolute atomic E-state index is 12.7. The van der Waals surface area contributed by atoms with E-state index in [-0.39, 0.29) is 24.4 Å². The molecule has 5 nitrogen and oxygen atoms in total. The number of rotatable bonds is 7. The normalized spacial score (nSPS) is 17.8. The van der Waals surface area contributed by atoms with Crippen molar-refractivity contribution in [1.29, 1.82) is 0 Å². The third-order valence-electron chi connectivity index (χ3n) is 3.99. The van der Waals surface area contributed by atoms with Crippen LogP contribution in [0.2, 0.25) is 0 Å². The first-order chi connectivity index (χ1) is 11.2. The van der Waals surface area contributed by atoms with Crippen LogP contribution >= 0.6 is 0 Å². The summed E-state index contributed by atoms with van der Waals surface area (Å²) in [6.45, 7) is 2.68. The smallest absolute Gasteiger partial charge is 0.317 e. The first-order valence-electron chi connectivity index (χ1n) is 8.21. The van der Waals surface area contributed by atoms with Crippen LogP contribution in [-0.2, 0) is 0 Å². The summed E-state index contributed by atoms with van der Waals surface area (Å²) in [5.41, 5.74) is 0. The lowest BCUT2D eigenvalue weighted by Gasteiger charge is -2.31. The Hall–Kier alpha value is -1.82. The molecular weight excluding hydrogens is 299 g/mol. The van der Waals surface area contributed by atoms with Crippen LogP contribution in [0.5, 0.6) is 5.75 Å². The van der Waals surface area contributed by atoms with E-state index in [1.165, 1.54) is 12.1 Å². The number of ether oxygens (including phenoxy) is 1. The molecule has 2 amide bonds. The quantitative estimate of drug-likeness (QED) is 0.757. The number of likely N-dealkylation sites (tertiary alicyclic amines) is 1. The zero-order valence-electron chi connectivity index (χ0n) is 13.3. The molecule has 0 aliphatic carbocycles. The molecule has 1 aliphatic heterocycles. The van der Waals surface area contributed by atoms with Crippen LogP contribution in [0.3, 0.4) is 0 Å². The molecule has 0 spiro atoms. The third-order valence-corrected chi connectivity index (χ3v) is 3.99. The maximum atomic E-state index is 12.7. The highest BCUT2D eigenvalue weighted by Crippen LogP contribution is 2.15. The number of hydrogen-bond donors (Lipinski definition) is 2. The molecule has 1 aromatic rings. The summed E-state index contributed by atoms with van der Waals surface area (Å²) in [5, 5.41) is 12.1. The number of amides is 2.